The summed E-state index contributed by atoms with van der Waals surface area (Å²) in [6.07, 6.45) is 0.185. The topological polar surface area (TPSA) is 66.5 Å². The predicted molar refractivity (Wildman–Crippen MR) is 115 cm³/mol. The molecule has 1 saturated heterocycles. The molecule has 9 heteroatoms. The van der Waals surface area contributed by atoms with Crippen LogP contribution in [0.25, 0.3) is 0 Å². The van der Waals surface area contributed by atoms with Crippen LogP contribution in [-0.2, 0) is 33.8 Å². The first-order valence-electron chi connectivity index (χ1n) is 10.8. The van der Waals surface area contributed by atoms with Crippen LogP contribution in [0.2, 0.25) is 0 Å². The number of halogens is 3. The zero-order valence-electron chi connectivity index (χ0n) is 17.5. The Morgan fingerprint density at radius 3 is 2.41 bits per heavy atom. The first-order chi connectivity index (χ1) is 15.2. The highest BCUT2D eigenvalue weighted by molar-refractivity contribution is 7.89. The molecule has 0 saturated carbocycles. The largest absolute Gasteiger partial charge is 0.416 e. The van der Waals surface area contributed by atoms with Crippen molar-refractivity contribution in [3.63, 3.8) is 0 Å². The number of anilines is 1. The molecule has 1 aliphatic carbocycles. The van der Waals surface area contributed by atoms with Crippen molar-refractivity contribution in [3.05, 3.63) is 59.2 Å². The van der Waals surface area contributed by atoms with Gasteiger partial charge in [-0.15, -0.1) is 0 Å². The molecule has 0 radical (unpaired) electrons. The number of nitrogens with one attached hydrogen (secondary N) is 1. The number of sulfonamides is 1. The number of amides is 1. The van der Waals surface area contributed by atoms with E-state index in [9.17, 15) is 26.4 Å². The highest BCUT2D eigenvalue weighted by Gasteiger charge is 2.35. The van der Waals surface area contributed by atoms with E-state index in [1.807, 2.05) is 12.1 Å². The van der Waals surface area contributed by atoms with Crippen molar-refractivity contribution >= 4 is 21.6 Å². The molecule has 2 aliphatic rings. The lowest BCUT2D eigenvalue weighted by atomic mass is 9.90. The summed E-state index contributed by atoms with van der Waals surface area (Å²) in [5, 5.41) is 3.02. The molecule has 0 aromatic heterocycles. The Balaban J connectivity index is 1.41. The van der Waals surface area contributed by atoms with Crippen molar-refractivity contribution < 1.29 is 26.4 Å². The molecule has 5 nitrogen and oxygen atoms in total. The molecule has 2 aromatic rings. The second-order valence-electron chi connectivity index (χ2n) is 8.34. The Morgan fingerprint density at radius 1 is 1.00 bits per heavy atom. The molecule has 0 spiro atoms. The fourth-order valence-corrected chi connectivity index (χ4v) is 5.99. The van der Waals surface area contributed by atoms with Crippen LogP contribution in [0, 0.1) is 5.92 Å². The molecule has 1 aliphatic heterocycles. The van der Waals surface area contributed by atoms with Gasteiger partial charge < -0.3 is 5.32 Å². The van der Waals surface area contributed by atoms with E-state index in [4.69, 9.17) is 0 Å². The lowest BCUT2D eigenvalue weighted by Gasteiger charge is -2.31. The molecule has 0 bridgehead atoms. The van der Waals surface area contributed by atoms with Crippen LogP contribution in [0.3, 0.4) is 0 Å². The Bertz CT molecular complexity index is 1110. The van der Waals surface area contributed by atoms with Gasteiger partial charge in [-0.1, -0.05) is 18.2 Å². The quantitative estimate of drug-likeness (QED) is 0.715. The molecule has 1 N–H and O–H groups in total. The Labute approximate surface area is 185 Å². The van der Waals surface area contributed by atoms with E-state index < -0.39 is 21.8 Å². The molecular weight excluding hydrogens is 441 g/mol. The number of aryl methyl sites for hydroxylation is 1. The molecule has 172 valence electrons. The third kappa shape index (κ3) is 4.68. The maximum Gasteiger partial charge on any atom is 0.416 e. The minimum atomic E-state index is -4.62. The highest BCUT2D eigenvalue weighted by Crippen LogP contribution is 2.33. The number of piperidine rings is 1. The van der Waals surface area contributed by atoms with Crippen LogP contribution in [-0.4, -0.2) is 31.7 Å². The monoisotopic (exact) mass is 466 g/mol. The van der Waals surface area contributed by atoms with E-state index in [0.717, 1.165) is 47.8 Å². The molecule has 1 fully saturated rings. The summed E-state index contributed by atoms with van der Waals surface area (Å²) in [5.41, 5.74) is 2.26. The van der Waals surface area contributed by atoms with E-state index in [1.165, 1.54) is 17.2 Å². The number of fused-ring (bicyclic) bond motifs is 1. The van der Waals surface area contributed by atoms with Crippen molar-refractivity contribution in [1.29, 1.82) is 0 Å². The zero-order valence-corrected chi connectivity index (χ0v) is 18.3. The predicted octanol–water partition coefficient (Wildman–Crippen LogP) is 4.62. The summed E-state index contributed by atoms with van der Waals surface area (Å²) >= 11 is 0. The average Bonchev–Trinajstić information content (AvgIpc) is 2.79. The van der Waals surface area contributed by atoms with Crippen molar-refractivity contribution in [3.8, 4) is 0 Å². The molecule has 0 atom stereocenters. The number of nitrogens with zero attached hydrogens (tertiary/aromatic N) is 1. The van der Waals surface area contributed by atoms with Crippen molar-refractivity contribution in [2.45, 2.75) is 49.6 Å². The SMILES string of the molecule is O=C(Nc1cccc2c1CCCC2)C1CCN(S(=O)(=O)c2cccc(C(F)(F)F)c2)CC1. The number of hydrogen-bond donors (Lipinski definition) is 1. The van der Waals surface area contributed by atoms with Gasteiger partial charge in [0, 0.05) is 24.7 Å². The molecular formula is C23H25F3N2O3S. The summed E-state index contributed by atoms with van der Waals surface area (Å²) in [6, 6.07) is 9.68. The first-order valence-corrected chi connectivity index (χ1v) is 12.2. The van der Waals surface area contributed by atoms with Gasteiger partial charge in [0.25, 0.3) is 0 Å². The van der Waals surface area contributed by atoms with Gasteiger partial charge in [-0.05, 0) is 73.9 Å². The number of alkyl halides is 3. The third-order valence-corrected chi connectivity index (χ3v) is 8.17. The molecule has 4 rings (SSSR count). The minimum absolute atomic E-state index is 0.0869. The average molecular weight is 467 g/mol. The molecule has 32 heavy (non-hydrogen) atoms. The van der Waals surface area contributed by atoms with Crippen LogP contribution in [0.5, 0.6) is 0 Å². The highest BCUT2D eigenvalue weighted by atomic mass is 32.2. The van der Waals surface area contributed by atoms with Crippen LogP contribution in [0.15, 0.2) is 47.4 Å². The Morgan fingerprint density at radius 2 is 1.69 bits per heavy atom. The maximum absolute atomic E-state index is 13.0. The van der Waals surface area contributed by atoms with E-state index in [2.05, 4.69) is 11.4 Å². The van der Waals surface area contributed by atoms with Crippen LogP contribution < -0.4 is 5.32 Å². The Kier molecular flexibility index (Phi) is 6.31. The fourth-order valence-electron chi connectivity index (χ4n) is 4.47. The summed E-state index contributed by atoms with van der Waals surface area (Å²) in [5.74, 6) is -0.484. The smallest absolute Gasteiger partial charge is 0.326 e. The zero-order chi connectivity index (χ0) is 22.9. The minimum Gasteiger partial charge on any atom is -0.326 e. The number of rotatable bonds is 4. The first kappa shape index (κ1) is 22.8. The lowest BCUT2D eigenvalue weighted by Crippen LogP contribution is -2.41. The normalized spacial score (nSPS) is 18.2. The summed E-state index contributed by atoms with van der Waals surface area (Å²) in [6.45, 7) is 0.174. The van der Waals surface area contributed by atoms with Gasteiger partial charge in [-0.25, -0.2) is 8.42 Å². The summed E-state index contributed by atoms with van der Waals surface area (Å²) in [7, 11) is -4.06. The second-order valence-corrected chi connectivity index (χ2v) is 10.3. The van der Waals surface area contributed by atoms with Crippen molar-refractivity contribution in [1.82, 2.24) is 4.31 Å². The van der Waals surface area contributed by atoms with Gasteiger partial charge >= 0.3 is 6.18 Å². The van der Waals surface area contributed by atoms with Gasteiger partial charge in [-0.2, -0.15) is 17.5 Å². The van der Waals surface area contributed by atoms with Gasteiger partial charge in [0.05, 0.1) is 10.5 Å². The van der Waals surface area contributed by atoms with Crippen molar-refractivity contribution in [2.75, 3.05) is 18.4 Å². The van der Waals surface area contributed by atoms with E-state index in [-0.39, 0.29) is 29.8 Å². The van der Waals surface area contributed by atoms with Crippen LogP contribution in [0.4, 0.5) is 18.9 Å². The van der Waals surface area contributed by atoms with E-state index in [1.54, 1.807) is 0 Å². The third-order valence-electron chi connectivity index (χ3n) is 6.28. The van der Waals surface area contributed by atoms with Crippen LogP contribution >= 0.6 is 0 Å². The summed E-state index contributed by atoms with van der Waals surface area (Å²) in [4.78, 5) is 12.4. The number of carbonyl (C=O) groups excluding carboxylic acids is 1. The molecule has 1 heterocycles. The van der Waals surface area contributed by atoms with Crippen molar-refractivity contribution in [2.24, 2.45) is 5.92 Å². The number of carbonyl (C=O) groups is 1. The second kappa shape index (κ2) is 8.86. The Hall–Kier alpha value is -2.39. The lowest BCUT2D eigenvalue weighted by molar-refractivity contribution is -0.137. The van der Waals surface area contributed by atoms with E-state index in [0.29, 0.717) is 18.9 Å². The van der Waals surface area contributed by atoms with Gasteiger partial charge in [-0.3, -0.25) is 4.79 Å². The molecule has 2 aromatic carbocycles. The number of benzene rings is 2. The van der Waals surface area contributed by atoms with Crippen LogP contribution in [0.1, 0.15) is 42.4 Å². The maximum atomic E-state index is 13.0. The molecule has 0 unspecified atom stereocenters. The summed E-state index contributed by atoms with van der Waals surface area (Å²) < 4.78 is 65.8. The molecule has 1 amide bonds. The fraction of sp³-hybridized carbons (Fsp3) is 0.435. The van der Waals surface area contributed by atoms with Gasteiger partial charge in [0.2, 0.25) is 15.9 Å². The standard InChI is InChI=1S/C23H25F3N2O3S/c24-23(25,26)18-7-4-8-19(15-18)32(30,31)28-13-11-17(12-14-28)22(29)27-21-10-3-6-16-5-1-2-9-20(16)21/h3-4,6-8,10,15,17H,1-2,5,9,11-14H2,(H,27,29). The van der Waals surface area contributed by atoms with E-state index >= 15 is 0 Å². The van der Waals surface area contributed by atoms with Gasteiger partial charge in [0.1, 0.15) is 0 Å². The van der Waals surface area contributed by atoms with Gasteiger partial charge in [0.15, 0.2) is 0 Å². The number of hydrogen-bond acceptors (Lipinski definition) is 3.